The molecule has 0 saturated heterocycles. The second kappa shape index (κ2) is 4.68. The number of rotatable bonds is 3. The molecule has 0 heterocycles. The molecule has 0 aliphatic heterocycles. The van der Waals surface area contributed by atoms with Crippen LogP contribution in [-0.2, 0) is 0 Å². The molecule has 1 fully saturated rings. The summed E-state index contributed by atoms with van der Waals surface area (Å²) in [6.45, 7) is 12.0. The van der Waals surface area contributed by atoms with Gasteiger partial charge < -0.3 is 0 Å². The van der Waals surface area contributed by atoms with Gasteiger partial charge in [-0.15, -0.1) is 0 Å². The summed E-state index contributed by atoms with van der Waals surface area (Å²) in [7, 11) is 0. The first-order chi connectivity index (χ1) is 6.48. The van der Waals surface area contributed by atoms with Gasteiger partial charge in [0.15, 0.2) is 0 Å². The van der Waals surface area contributed by atoms with Crippen molar-refractivity contribution < 1.29 is 0 Å². The molecule has 1 unspecified atom stereocenters. The predicted molar refractivity (Wildman–Crippen MR) is 64.4 cm³/mol. The van der Waals surface area contributed by atoms with Crippen molar-refractivity contribution in [1.82, 2.24) is 0 Å². The first-order valence-corrected chi connectivity index (χ1v) is 6.48. The van der Waals surface area contributed by atoms with Crippen LogP contribution in [0.25, 0.3) is 0 Å². The molecule has 1 saturated carbocycles. The van der Waals surface area contributed by atoms with Crippen molar-refractivity contribution in [1.29, 1.82) is 0 Å². The monoisotopic (exact) mass is 196 g/mol. The van der Waals surface area contributed by atoms with Crippen molar-refractivity contribution in [2.24, 2.45) is 23.2 Å². The fourth-order valence-electron chi connectivity index (χ4n) is 2.76. The Morgan fingerprint density at radius 3 is 2.00 bits per heavy atom. The lowest BCUT2D eigenvalue weighted by Crippen LogP contribution is -2.28. The SMILES string of the molecule is CCC1(C)CCC(C(C)C(C)C)CC1. The van der Waals surface area contributed by atoms with E-state index in [-0.39, 0.29) is 0 Å². The smallest absolute Gasteiger partial charge is 0.0328 e. The van der Waals surface area contributed by atoms with Gasteiger partial charge >= 0.3 is 0 Å². The maximum absolute atomic E-state index is 2.48. The topological polar surface area (TPSA) is 0 Å². The highest BCUT2D eigenvalue weighted by atomic mass is 14.4. The standard InChI is InChI=1S/C14H28/c1-6-14(5)9-7-13(8-10-14)12(4)11(2)3/h11-13H,6-10H2,1-5H3. The van der Waals surface area contributed by atoms with E-state index < -0.39 is 0 Å². The largest absolute Gasteiger partial charge is 0.0649 e. The van der Waals surface area contributed by atoms with Gasteiger partial charge in [0.1, 0.15) is 0 Å². The normalized spacial score (nSPS) is 36.0. The third-order valence-corrected chi connectivity index (χ3v) is 4.89. The van der Waals surface area contributed by atoms with Crippen LogP contribution in [0.15, 0.2) is 0 Å². The minimum absolute atomic E-state index is 0.674. The van der Waals surface area contributed by atoms with E-state index in [0.29, 0.717) is 5.41 Å². The Hall–Kier alpha value is 0. The molecule has 0 aromatic carbocycles. The molecule has 1 atom stereocenters. The highest BCUT2D eigenvalue weighted by Gasteiger charge is 2.32. The molecule has 0 heteroatoms. The number of hydrogen-bond donors (Lipinski definition) is 0. The molecule has 1 aliphatic rings. The van der Waals surface area contributed by atoms with E-state index in [9.17, 15) is 0 Å². The molecular weight excluding hydrogens is 168 g/mol. The van der Waals surface area contributed by atoms with Gasteiger partial charge in [0.25, 0.3) is 0 Å². The maximum atomic E-state index is 2.48. The summed E-state index contributed by atoms with van der Waals surface area (Å²) in [5.41, 5.74) is 0.674. The zero-order valence-corrected chi connectivity index (χ0v) is 10.8. The van der Waals surface area contributed by atoms with Crippen molar-refractivity contribution in [3.05, 3.63) is 0 Å². The van der Waals surface area contributed by atoms with E-state index in [1.807, 2.05) is 0 Å². The first kappa shape index (κ1) is 12.1. The molecule has 0 aromatic rings. The Balaban J connectivity index is 2.43. The summed E-state index contributed by atoms with van der Waals surface area (Å²) in [6.07, 6.45) is 7.25. The highest BCUT2D eigenvalue weighted by molar-refractivity contribution is 4.83. The van der Waals surface area contributed by atoms with E-state index >= 15 is 0 Å². The van der Waals surface area contributed by atoms with Crippen molar-refractivity contribution >= 4 is 0 Å². The molecule has 14 heavy (non-hydrogen) atoms. The Bertz CT molecular complexity index is 161. The second-order valence-electron chi connectivity index (χ2n) is 6.10. The van der Waals surface area contributed by atoms with Crippen LogP contribution < -0.4 is 0 Å². The van der Waals surface area contributed by atoms with Gasteiger partial charge in [-0.25, -0.2) is 0 Å². The minimum Gasteiger partial charge on any atom is -0.0649 e. The molecule has 84 valence electrons. The van der Waals surface area contributed by atoms with E-state index in [0.717, 1.165) is 17.8 Å². The van der Waals surface area contributed by atoms with Crippen molar-refractivity contribution in [3.63, 3.8) is 0 Å². The van der Waals surface area contributed by atoms with Crippen LogP contribution in [0.5, 0.6) is 0 Å². The molecule has 0 aromatic heterocycles. The molecule has 1 aliphatic carbocycles. The van der Waals surface area contributed by atoms with Crippen molar-refractivity contribution in [2.45, 2.75) is 66.7 Å². The quantitative estimate of drug-likeness (QED) is 0.603. The van der Waals surface area contributed by atoms with E-state index in [4.69, 9.17) is 0 Å². The summed E-state index contributed by atoms with van der Waals surface area (Å²) < 4.78 is 0. The van der Waals surface area contributed by atoms with Gasteiger partial charge in [0, 0.05) is 0 Å². The van der Waals surface area contributed by atoms with Gasteiger partial charge in [0.2, 0.25) is 0 Å². The number of hydrogen-bond acceptors (Lipinski definition) is 0. The Morgan fingerprint density at radius 1 is 1.14 bits per heavy atom. The summed E-state index contributed by atoms with van der Waals surface area (Å²) >= 11 is 0. The predicted octanol–water partition coefficient (Wildman–Crippen LogP) is 4.89. The van der Waals surface area contributed by atoms with Crippen LogP contribution in [0.1, 0.15) is 66.7 Å². The molecule has 0 bridgehead atoms. The highest BCUT2D eigenvalue weighted by Crippen LogP contribution is 2.44. The molecular formula is C14H28. The van der Waals surface area contributed by atoms with E-state index in [2.05, 4.69) is 34.6 Å². The lowest BCUT2D eigenvalue weighted by molar-refractivity contribution is 0.117. The average molecular weight is 196 g/mol. The lowest BCUT2D eigenvalue weighted by atomic mass is 9.66. The molecule has 0 amide bonds. The third kappa shape index (κ3) is 2.74. The van der Waals surface area contributed by atoms with Crippen LogP contribution >= 0.6 is 0 Å². The van der Waals surface area contributed by atoms with Gasteiger partial charge in [-0.3, -0.25) is 0 Å². The van der Waals surface area contributed by atoms with Crippen LogP contribution in [0.4, 0.5) is 0 Å². The zero-order valence-electron chi connectivity index (χ0n) is 10.8. The zero-order chi connectivity index (χ0) is 10.8. The van der Waals surface area contributed by atoms with Crippen LogP contribution in [0.3, 0.4) is 0 Å². The second-order valence-corrected chi connectivity index (χ2v) is 6.10. The van der Waals surface area contributed by atoms with Gasteiger partial charge in [0.05, 0.1) is 0 Å². The van der Waals surface area contributed by atoms with Gasteiger partial charge in [-0.1, -0.05) is 41.0 Å². The van der Waals surface area contributed by atoms with E-state index in [1.165, 1.54) is 32.1 Å². The van der Waals surface area contributed by atoms with Crippen LogP contribution in [0.2, 0.25) is 0 Å². The molecule has 0 radical (unpaired) electrons. The van der Waals surface area contributed by atoms with Gasteiger partial charge in [-0.2, -0.15) is 0 Å². The summed E-state index contributed by atoms with van der Waals surface area (Å²) in [5.74, 6) is 2.80. The molecule has 0 spiro atoms. The third-order valence-electron chi connectivity index (χ3n) is 4.89. The Morgan fingerprint density at radius 2 is 1.64 bits per heavy atom. The molecule has 1 rings (SSSR count). The Kier molecular flexibility index (Phi) is 4.04. The van der Waals surface area contributed by atoms with Gasteiger partial charge in [-0.05, 0) is 48.9 Å². The summed E-state index contributed by atoms with van der Waals surface area (Å²) in [6, 6.07) is 0. The fourth-order valence-corrected chi connectivity index (χ4v) is 2.76. The van der Waals surface area contributed by atoms with Crippen LogP contribution in [-0.4, -0.2) is 0 Å². The maximum Gasteiger partial charge on any atom is -0.0328 e. The summed E-state index contributed by atoms with van der Waals surface area (Å²) in [5, 5.41) is 0. The van der Waals surface area contributed by atoms with Crippen LogP contribution in [0, 0.1) is 23.2 Å². The first-order valence-electron chi connectivity index (χ1n) is 6.48. The van der Waals surface area contributed by atoms with Crippen molar-refractivity contribution in [2.75, 3.05) is 0 Å². The Labute approximate surface area is 90.5 Å². The summed E-state index contributed by atoms with van der Waals surface area (Å²) in [4.78, 5) is 0. The minimum atomic E-state index is 0.674. The molecule has 0 N–H and O–H groups in total. The lowest BCUT2D eigenvalue weighted by Gasteiger charge is -2.40. The average Bonchev–Trinajstić information content (AvgIpc) is 2.18. The molecule has 0 nitrogen and oxygen atoms in total. The fraction of sp³-hybridized carbons (Fsp3) is 1.00. The van der Waals surface area contributed by atoms with E-state index in [1.54, 1.807) is 0 Å². The van der Waals surface area contributed by atoms with Crippen molar-refractivity contribution in [3.8, 4) is 0 Å².